The van der Waals surface area contributed by atoms with Crippen LogP contribution in [0.25, 0.3) is 16.9 Å². The van der Waals surface area contributed by atoms with Crippen molar-refractivity contribution in [2.45, 2.75) is 19.8 Å². The molecule has 0 radical (unpaired) electrons. The first kappa shape index (κ1) is 13.5. The molecule has 0 bridgehead atoms. The third-order valence-corrected chi connectivity index (χ3v) is 3.43. The number of halogens is 1. The summed E-state index contributed by atoms with van der Waals surface area (Å²) < 4.78 is 14.7. The fourth-order valence-corrected chi connectivity index (χ4v) is 2.33. The van der Waals surface area contributed by atoms with Crippen LogP contribution in [-0.4, -0.2) is 14.8 Å². The summed E-state index contributed by atoms with van der Waals surface area (Å²) in [5.41, 5.74) is 3.96. The minimum Gasteiger partial charge on any atom is -0.264 e. The lowest BCUT2D eigenvalue weighted by Gasteiger charge is -2.09. The standard InChI is InChI=1S/C17H16FN3/c1-12(2)15-7-9-19-11-16(15)17-8-10-21(20-17)14-5-3-13(18)4-6-14/h3-12H,1-2H3. The van der Waals surface area contributed by atoms with Crippen molar-refractivity contribution < 1.29 is 4.39 Å². The Kier molecular flexibility index (Phi) is 3.52. The number of aromatic nitrogens is 3. The number of nitrogens with zero attached hydrogens (tertiary/aromatic N) is 3. The molecular weight excluding hydrogens is 265 g/mol. The monoisotopic (exact) mass is 281 g/mol. The van der Waals surface area contributed by atoms with Crippen molar-refractivity contribution in [2.75, 3.05) is 0 Å². The van der Waals surface area contributed by atoms with Crippen LogP contribution in [-0.2, 0) is 0 Å². The predicted molar refractivity (Wildman–Crippen MR) is 80.8 cm³/mol. The van der Waals surface area contributed by atoms with Crippen molar-refractivity contribution in [1.29, 1.82) is 0 Å². The lowest BCUT2D eigenvalue weighted by molar-refractivity contribution is 0.627. The van der Waals surface area contributed by atoms with Crippen LogP contribution in [0.4, 0.5) is 4.39 Å². The molecule has 0 saturated heterocycles. The summed E-state index contributed by atoms with van der Waals surface area (Å²) in [6.07, 6.45) is 5.52. The second-order valence-corrected chi connectivity index (χ2v) is 5.24. The highest BCUT2D eigenvalue weighted by atomic mass is 19.1. The molecule has 0 aliphatic rings. The molecule has 106 valence electrons. The Morgan fingerprint density at radius 2 is 1.81 bits per heavy atom. The van der Waals surface area contributed by atoms with E-state index in [0.29, 0.717) is 5.92 Å². The first-order chi connectivity index (χ1) is 10.1. The number of hydrogen-bond acceptors (Lipinski definition) is 2. The summed E-state index contributed by atoms with van der Waals surface area (Å²) in [5.74, 6) is 0.152. The number of rotatable bonds is 3. The molecule has 0 spiro atoms. The molecule has 21 heavy (non-hydrogen) atoms. The number of benzene rings is 1. The lowest BCUT2D eigenvalue weighted by atomic mass is 9.98. The summed E-state index contributed by atoms with van der Waals surface area (Å²) in [4.78, 5) is 4.20. The molecule has 1 aromatic carbocycles. The van der Waals surface area contributed by atoms with Crippen LogP contribution in [0.1, 0.15) is 25.3 Å². The van der Waals surface area contributed by atoms with E-state index in [9.17, 15) is 4.39 Å². The van der Waals surface area contributed by atoms with Crippen LogP contribution < -0.4 is 0 Å². The third-order valence-electron chi connectivity index (χ3n) is 3.43. The van der Waals surface area contributed by atoms with E-state index < -0.39 is 0 Å². The van der Waals surface area contributed by atoms with Crippen molar-refractivity contribution in [3.63, 3.8) is 0 Å². The first-order valence-corrected chi connectivity index (χ1v) is 6.91. The zero-order valence-corrected chi connectivity index (χ0v) is 12.0. The average Bonchev–Trinajstić information content (AvgIpc) is 2.97. The molecule has 0 atom stereocenters. The molecule has 2 heterocycles. The van der Waals surface area contributed by atoms with Gasteiger partial charge in [0.25, 0.3) is 0 Å². The van der Waals surface area contributed by atoms with Gasteiger partial charge in [0, 0.05) is 24.2 Å². The van der Waals surface area contributed by atoms with E-state index in [0.717, 1.165) is 16.9 Å². The zero-order chi connectivity index (χ0) is 14.8. The summed E-state index contributed by atoms with van der Waals surface area (Å²) in [6, 6.07) is 10.3. The highest BCUT2D eigenvalue weighted by Crippen LogP contribution is 2.27. The van der Waals surface area contributed by atoms with Gasteiger partial charge in [-0.25, -0.2) is 9.07 Å². The quantitative estimate of drug-likeness (QED) is 0.720. The maximum atomic E-state index is 13.0. The lowest BCUT2D eigenvalue weighted by Crippen LogP contribution is -1.97. The number of pyridine rings is 1. The van der Waals surface area contributed by atoms with E-state index in [1.807, 2.05) is 24.5 Å². The Bertz CT molecular complexity index is 745. The van der Waals surface area contributed by atoms with Gasteiger partial charge in [-0.05, 0) is 47.9 Å². The molecule has 4 heteroatoms. The average molecular weight is 281 g/mol. The van der Waals surface area contributed by atoms with Crippen molar-refractivity contribution in [3.8, 4) is 16.9 Å². The SMILES string of the molecule is CC(C)c1ccncc1-c1ccn(-c2ccc(F)cc2)n1. The molecule has 0 saturated carbocycles. The van der Waals surface area contributed by atoms with Gasteiger partial charge in [-0.1, -0.05) is 13.8 Å². The maximum absolute atomic E-state index is 13.0. The minimum atomic E-state index is -0.250. The molecular formula is C17H16FN3. The van der Waals surface area contributed by atoms with E-state index in [2.05, 4.69) is 23.9 Å². The van der Waals surface area contributed by atoms with Gasteiger partial charge >= 0.3 is 0 Å². The normalized spacial score (nSPS) is 11.0. The van der Waals surface area contributed by atoms with Crippen LogP contribution in [0.15, 0.2) is 55.0 Å². The summed E-state index contributed by atoms with van der Waals surface area (Å²) in [5, 5.41) is 4.58. The van der Waals surface area contributed by atoms with Crippen molar-refractivity contribution in [1.82, 2.24) is 14.8 Å². The van der Waals surface area contributed by atoms with Gasteiger partial charge in [-0.15, -0.1) is 0 Å². The van der Waals surface area contributed by atoms with Crippen molar-refractivity contribution in [3.05, 3.63) is 66.4 Å². The van der Waals surface area contributed by atoms with Gasteiger partial charge in [-0.2, -0.15) is 5.10 Å². The summed E-state index contributed by atoms with van der Waals surface area (Å²) in [7, 11) is 0. The molecule has 3 aromatic rings. The van der Waals surface area contributed by atoms with Gasteiger partial charge in [-0.3, -0.25) is 4.98 Å². The minimum absolute atomic E-state index is 0.250. The third kappa shape index (κ3) is 2.70. The van der Waals surface area contributed by atoms with E-state index in [4.69, 9.17) is 0 Å². The second kappa shape index (κ2) is 5.48. The fourth-order valence-electron chi connectivity index (χ4n) is 2.33. The van der Waals surface area contributed by atoms with E-state index in [1.54, 1.807) is 23.0 Å². The molecule has 0 amide bonds. The van der Waals surface area contributed by atoms with Crippen LogP contribution in [0.5, 0.6) is 0 Å². The van der Waals surface area contributed by atoms with Gasteiger partial charge in [0.1, 0.15) is 5.82 Å². The molecule has 0 aliphatic carbocycles. The molecule has 3 nitrogen and oxygen atoms in total. The molecule has 2 aromatic heterocycles. The molecule has 0 N–H and O–H groups in total. The van der Waals surface area contributed by atoms with Crippen LogP contribution in [0.2, 0.25) is 0 Å². The Labute approximate surface area is 123 Å². The largest absolute Gasteiger partial charge is 0.264 e. The Morgan fingerprint density at radius 3 is 2.52 bits per heavy atom. The predicted octanol–water partition coefficient (Wildman–Crippen LogP) is 4.20. The van der Waals surface area contributed by atoms with E-state index in [1.165, 1.54) is 17.7 Å². The fraction of sp³-hybridized carbons (Fsp3) is 0.176. The highest BCUT2D eigenvalue weighted by molar-refractivity contribution is 5.63. The summed E-state index contributed by atoms with van der Waals surface area (Å²) in [6.45, 7) is 4.30. The maximum Gasteiger partial charge on any atom is 0.123 e. The Balaban J connectivity index is 2.01. The van der Waals surface area contributed by atoms with Crippen LogP contribution in [0.3, 0.4) is 0 Å². The molecule has 0 fully saturated rings. The van der Waals surface area contributed by atoms with Crippen molar-refractivity contribution >= 4 is 0 Å². The Morgan fingerprint density at radius 1 is 1.05 bits per heavy atom. The first-order valence-electron chi connectivity index (χ1n) is 6.91. The van der Waals surface area contributed by atoms with Crippen LogP contribution in [0, 0.1) is 5.82 Å². The zero-order valence-electron chi connectivity index (χ0n) is 12.0. The second-order valence-electron chi connectivity index (χ2n) is 5.24. The van der Waals surface area contributed by atoms with E-state index >= 15 is 0 Å². The highest BCUT2D eigenvalue weighted by Gasteiger charge is 2.11. The summed E-state index contributed by atoms with van der Waals surface area (Å²) >= 11 is 0. The molecule has 0 aliphatic heterocycles. The van der Waals surface area contributed by atoms with Gasteiger partial charge in [0.2, 0.25) is 0 Å². The Hall–Kier alpha value is -2.49. The van der Waals surface area contributed by atoms with Gasteiger partial charge in [0.05, 0.1) is 11.4 Å². The van der Waals surface area contributed by atoms with Crippen LogP contribution >= 0.6 is 0 Å². The van der Waals surface area contributed by atoms with Gasteiger partial charge in [0.15, 0.2) is 0 Å². The number of hydrogen-bond donors (Lipinski definition) is 0. The smallest absolute Gasteiger partial charge is 0.123 e. The van der Waals surface area contributed by atoms with Crippen molar-refractivity contribution in [2.24, 2.45) is 0 Å². The molecule has 0 unspecified atom stereocenters. The topological polar surface area (TPSA) is 30.7 Å². The molecule has 3 rings (SSSR count). The van der Waals surface area contributed by atoms with E-state index in [-0.39, 0.29) is 5.82 Å². The van der Waals surface area contributed by atoms with Gasteiger partial charge < -0.3 is 0 Å².